The lowest BCUT2D eigenvalue weighted by atomic mass is 10.1. The van der Waals surface area contributed by atoms with Crippen molar-refractivity contribution in [3.05, 3.63) is 52.5 Å². The second-order valence-corrected chi connectivity index (χ2v) is 5.10. The first-order chi connectivity index (χ1) is 7.65. The summed E-state index contributed by atoms with van der Waals surface area (Å²) in [7, 11) is 0. The number of halogens is 2. The fourth-order valence-electron chi connectivity index (χ4n) is 1.37. The van der Waals surface area contributed by atoms with Gasteiger partial charge in [-0.2, -0.15) is 0 Å². The Morgan fingerprint density at radius 1 is 1.38 bits per heavy atom. The van der Waals surface area contributed by atoms with Gasteiger partial charge < -0.3 is 0 Å². The van der Waals surface area contributed by atoms with Crippen molar-refractivity contribution in [2.24, 2.45) is 0 Å². The zero-order chi connectivity index (χ0) is 12.0. The predicted molar refractivity (Wildman–Crippen MR) is 76.9 cm³/mol. The lowest BCUT2D eigenvalue weighted by Gasteiger charge is -2.04. The standard InChI is InChI=1S/C14H16BrCl/c1-3-4-5-6-13(15)14(16)12-9-7-11(2)8-10-12/h3,7-10H,1,4-6H2,2H3/b14-13-. The third kappa shape index (κ3) is 4.15. The number of allylic oxidation sites excluding steroid dienone is 2. The Bertz CT molecular complexity index is 376. The van der Waals surface area contributed by atoms with Crippen LogP contribution in [0.25, 0.3) is 5.03 Å². The van der Waals surface area contributed by atoms with Gasteiger partial charge in [0.25, 0.3) is 0 Å². The van der Waals surface area contributed by atoms with Gasteiger partial charge in [-0.05, 0) is 31.7 Å². The highest BCUT2D eigenvalue weighted by Crippen LogP contribution is 2.30. The number of aryl methyl sites for hydroxylation is 1. The van der Waals surface area contributed by atoms with Crippen LogP contribution in [0.1, 0.15) is 30.4 Å². The molecular formula is C14H16BrCl. The molecule has 0 spiro atoms. The molecule has 0 aromatic heterocycles. The summed E-state index contributed by atoms with van der Waals surface area (Å²) in [4.78, 5) is 0. The van der Waals surface area contributed by atoms with Crippen molar-refractivity contribution in [1.82, 2.24) is 0 Å². The van der Waals surface area contributed by atoms with Gasteiger partial charge in [-0.25, -0.2) is 0 Å². The minimum atomic E-state index is 0.809. The first-order valence-electron chi connectivity index (χ1n) is 5.37. The Balaban J connectivity index is 2.73. The van der Waals surface area contributed by atoms with Crippen LogP contribution in [0.2, 0.25) is 0 Å². The van der Waals surface area contributed by atoms with Crippen molar-refractivity contribution in [3.8, 4) is 0 Å². The monoisotopic (exact) mass is 298 g/mol. The lowest BCUT2D eigenvalue weighted by Crippen LogP contribution is -1.82. The summed E-state index contributed by atoms with van der Waals surface area (Å²) in [5.41, 5.74) is 2.31. The van der Waals surface area contributed by atoms with E-state index in [1.54, 1.807) is 0 Å². The Morgan fingerprint density at radius 2 is 2.00 bits per heavy atom. The van der Waals surface area contributed by atoms with Gasteiger partial charge in [-0.15, -0.1) is 6.58 Å². The van der Waals surface area contributed by atoms with Crippen molar-refractivity contribution in [2.75, 3.05) is 0 Å². The second-order valence-electron chi connectivity index (χ2n) is 3.77. The van der Waals surface area contributed by atoms with Gasteiger partial charge in [0.1, 0.15) is 0 Å². The van der Waals surface area contributed by atoms with Gasteiger partial charge in [0.2, 0.25) is 0 Å². The average molecular weight is 300 g/mol. The van der Waals surface area contributed by atoms with Crippen LogP contribution >= 0.6 is 27.5 Å². The fourth-order valence-corrected chi connectivity index (χ4v) is 2.10. The van der Waals surface area contributed by atoms with Gasteiger partial charge in [-0.1, -0.05) is 63.4 Å². The zero-order valence-electron chi connectivity index (χ0n) is 9.47. The smallest absolute Gasteiger partial charge is 0.0579 e. The summed E-state index contributed by atoms with van der Waals surface area (Å²) in [6, 6.07) is 8.24. The molecule has 1 rings (SSSR count). The van der Waals surface area contributed by atoms with E-state index in [4.69, 9.17) is 11.6 Å². The van der Waals surface area contributed by atoms with Gasteiger partial charge in [0.15, 0.2) is 0 Å². The number of hydrogen-bond donors (Lipinski definition) is 0. The Morgan fingerprint density at radius 3 is 2.56 bits per heavy atom. The Labute approximate surface area is 111 Å². The van der Waals surface area contributed by atoms with E-state index in [0.29, 0.717) is 0 Å². The minimum Gasteiger partial charge on any atom is -0.103 e. The molecule has 0 unspecified atom stereocenters. The van der Waals surface area contributed by atoms with E-state index in [2.05, 4.69) is 41.6 Å². The van der Waals surface area contributed by atoms with Crippen LogP contribution in [0.5, 0.6) is 0 Å². The van der Waals surface area contributed by atoms with Crippen molar-refractivity contribution in [1.29, 1.82) is 0 Å². The van der Waals surface area contributed by atoms with E-state index in [9.17, 15) is 0 Å². The van der Waals surface area contributed by atoms with E-state index in [0.717, 1.165) is 34.3 Å². The maximum Gasteiger partial charge on any atom is 0.0579 e. The van der Waals surface area contributed by atoms with Crippen molar-refractivity contribution < 1.29 is 0 Å². The molecule has 0 atom stereocenters. The van der Waals surface area contributed by atoms with Gasteiger partial charge in [-0.3, -0.25) is 0 Å². The predicted octanol–water partition coefficient (Wildman–Crippen LogP) is 5.65. The van der Waals surface area contributed by atoms with Crippen LogP contribution in [0.15, 0.2) is 41.4 Å². The van der Waals surface area contributed by atoms with E-state index in [1.807, 2.05) is 18.2 Å². The molecule has 0 aliphatic carbocycles. The van der Waals surface area contributed by atoms with Gasteiger partial charge in [0, 0.05) is 4.48 Å². The van der Waals surface area contributed by atoms with Gasteiger partial charge >= 0.3 is 0 Å². The summed E-state index contributed by atoms with van der Waals surface area (Å²) in [6.07, 6.45) is 4.98. The lowest BCUT2D eigenvalue weighted by molar-refractivity contribution is 0.866. The molecule has 0 saturated heterocycles. The maximum absolute atomic E-state index is 6.29. The van der Waals surface area contributed by atoms with Crippen LogP contribution in [0, 0.1) is 6.92 Å². The zero-order valence-corrected chi connectivity index (χ0v) is 11.8. The van der Waals surface area contributed by atoms with Gasteiger partial charge in [0.05, 0.1) is 5.03 Å². The highest BCUT2D eigenvalue weighted by molar-refractivity contribution is 9.11. The molecule has 2 heteroatoms. The average Bonchev–Trinajstić information content (AvgIpc) is 2.29. The quantitative estimate of drug-likeness (QED) is 0.486. The molecule has 0 N–H and O–H groups in total. The van der Waals surface area contributed by atoms with Crippen LogP contribution < -0.4 is 0 Å². The van der Waals surface area contributed by atoms with Crippen LogP contribution in [-0.2, 0) is 0 Å². The first-order valence-corrected chi connectivity index (χ1v) is 6.54. The maximum atomic E-state index is 6.29. The van der Waals surface area contributed by atoms with Crippen molar-refractivity contribution in [2.45, 2.75) is 26.2 Å². The molecule has 0 heterocycles. The molecule has 0 fully saturated rings. The molecule has 0 radical (unpaired) electrons. The first kappa shape index (κ1) is 13.5. The normalized spacial score (nSPS) is 12.2. The summed E-state index contributed by atoms with van der Waals surface area (Å²) >= 11 is 9.84. The summed E-state index contributed by atoms with van der Waals surface area (Å²) in [5.74, 6) is 0. The van der Waals surface area contributed by atoms with E-state index >= 15 is 0 Å². The summed E-state index contributed by atoms with van der Waals surface area (Å²) < 4.78 is 1.07. The molecule has 86 valence electrons. The van der Waals surface area contributed by atoms with E-state index < -0.39 is 0 Å². The third-order valence-corrected chi connectivity index (χ3v) is 3.82. The minimum absolute atomic E-state index is 0.809. The molecule has 0 saturated carbocycles. The molecule has 0 nitrogen and oxygen atoms in total. The van der Waals surface area contributed by atoms with Crippen molar-refractivity contribution >= 4 is 32.6 Å². The van der Waals surface area contributed by atoms with Crippen LogP contribution in [0.4, 0.5) is 0 Å². The SMILES string of the molecule is C=CCCC/C(Br)=C(/Cl)c1ccc(C)cc1. The van der Waals surface area contributed by atoms with E-state index in [-0.39, 0.29) is 0 Å². The Hall–Kier alpha value is -0.530. The molecule has 0 aliphatic rings. The second kappa shape index (κ2) is 6.93. The Kier molecular flexibility index (Phi) is 5.86. The largest absolute Gasteiger partial charge is 0.103 e. The summed E-state index contributed by atoms with van der Waals surface area (Å²) in [6.45, 7) is 5.78. The van der Waals surface area contributed by atoms with Crippen LogP contribution in [-0.4, -0.2) is 0 Å². The van der Waals surface area contributed by atoms with Crippen molar-refractivity contribution in [3.63, 3.8) is 0 Å². The molecule has 0 aliphatic heterocycles. The van der Waals surface area contributed by atoms with Crippen LogP contribution in [0.3, 0.4) is 0 Å². The molecular weight excluding hydrogens is 284 g/mol. The molecule has 0 amide bonds. The number of benzene rings is 1. The molecule has 1 aromatic rings. The third-order valence-electron chi connectivity index (χ3n) is 2.35. The fraction of sp³-hybridized carbons (Fsp3) is 0.286. The molecule has 16 heavy (non-hydrogen) atoms. The highest BCUT2D eigenvalue weighted by atomic mass is 79.9. The topological polar surface area (TPSA) is 0 Å². The molecule has 0 bridgehead atoms. The summed E-state index contributed by atoms with van der Waals surface area (Å²) in [5, 5.41) is 0.809. The number of hydrogen-bond acceptors (Lipinski definition) is 0. The highest BCUT2D eigenvalue weighted by Gasteiger charge is 2.03. The number of rotatable bonds is 5. The van der Waals surface area contributed by atoms with E-state index in [1.165, 1.54) is 5.56 Å². The molecule has 1 aromatic carbocycles. The number of unbranched alkanes of at least 4 members (excludes halogenated alkanes) is 1.